The summed E-state index contributed by atoms with van der Waals surface area (Å²) in [4.78, 5) is 17.2. The van der Waals surface area contributed by atoms with Crippen LogP contribution in [0.4, 0.5) is 0 Å². The van der Waals surface area contributed by atoms with Crippen molar-refractivity contribution in [2.24, 2.45) is 0 Å². The average molecular weight is 401 g/mol. The van der Waals surface area contributed by atoms with Gasteiger partial charge in [-0.05, 0) is 25.1 Å². The predicted molar refractivity (Wildman–Crippen MR) is 101 cm³/mol. The molecule has 1 aromatic carbocycles. The lowest BCUT2D eigenvalue weighted by Gasteiger charge is -2.13. The fourth-order valence-electron chi connectivity index (χ4n) is 2.15. The van der Waals surface area contributed by atoms with E-state index in [4.69, 9.17) is 11.6 Å². The number of benzene rings is 1. The molecule has 2 rings (SSSR count). The van der Waals surface area contributed by atoms with Crippen LogP contribution in [0.3, 0.4) is 0 Å². The van der Waals surface area contributed by atoms with Gasteiger partial charge < -0.3 is 5.32 Å². The van der Waals surface area contributed by atoms with Gasteiger partial charge in [-0.1, -0.05) is 32.4 Å². The van der Waals surface area contributed by atoms with Crippen LogP contribution in [-0.4, -0.2) is 25.1 Å². The minimum absolute atomic E-state index is 0.0388. The zero-order valence-corrected chi connectivity index (χ0v) is 16.9. The van der Waals surface area contributed by atoms with Gasteiger partial charge >= 0.3 is 0 Å². The lowest BCUT2D eigenvalue weighted by molar-refractivity contribution is 0.0939. The minimum Gasteiger partial charge on any atom is -0.344 e. The Morgan fingerprint density at radius 3 is 2.56 bits per heavy atom. The van der Waals surface area contributed by atoms with Gasteiger partial charge in [-0.15, -0.1) is 11.3 Å². The summed E-state index contributed by atoms with van der Waals surface area (Å²) in [5.41, 5.74) is 0.915. The first-order chi connectivity index (χ1) is 11.7. The lowest BCUT2D eigenvalue weighted by Crippen LogP contribution is -2.27. The molecule has 1 heterocycles. The normalized spacial score (nSPS) is 13.0. The van der Waals surface area contributed by atoms with Gasteiger partial charge in [0.2, 0.25) is 0 Å². The number of aromatic nitrogens is 1. The van der Waals surface area contributed by atoms with E-state index < -0.39 is 15.7 Å². The van der Waals surface area contributed by atoms with Crippen LogP contribution in [0.2, 0.25) is 5.02 Å². The molecular formula is C17H21ClN2O3S2. The van der Waals surface area contributed by atoms with Crippen LogP contribution in [0.1, 0.15) is 60.7 Å². The number of amides is 1. The summed E-state index contributed by atoms with van der Waals surface area (Å²) < 4.78 is 24.0. The molecular weight excluding hydrogens is 380 g/mol. The highest BCUT2D eigenvalue weighted by Crippen LogP contribution is 2.25. The molecule has 0 bridgehead atoms. The Morgan fingerprint density at radius 1 is 1.32 bits per heavy atom. The quantitative estimate of drug-likeness (QED) is 0.788. The number of carbonyl (C=O) groups is 1. The molecule has 0 spiro atoms. The van der Waals surface area contributed by atoms with Crippen molar-refractivity contribution in [1.82, 2.24) is 10.3 Å². The van der Waals surface area contributed by atoms with Crippen LogP contribution in [-0.2, 0) is 9.84 Å². The summed E-state index contributed by atoms with van der Waals surface area (Å²) >= 11 is 7.64. The molecule has 136 valence electrons. The van der Waals surface area contributed by atoms with Crippen LogP contribution < -0.4 is 5.32 Å². The van der Waals surface area contributed by atoms with Crippen LogP contribution in [0.25, 0.3) is 0 Å². The highest BCUT2D eigenvalue weighted by atomic mass is 35.5. The zero-order chi connectivity index (χ0) is 18.8. The van der Waals surface area contributed by atoms with E-state index in [-0.39, 0.29) is 27.3 Å². The molecule has 0 saturated heterocycles. The molecule has 1 atom stereocenters. The number of sulfone groups is 1. The number of carbonyl (C=O) groups excluding carboxylic acids is 1. The maximum Gasteiger partial charge on any atom is 0.253 e. The first-order valence-corrected chi connectivity index (χ1v) is 10.8. The lowest BCUT2D eigenvalue weighted by atomic mass is 10.2. The summed E-state index contributed by atoms with van der Waals surface area (Å²) in [6.45, 7) is 7.51. The summed E-state index contributed by atoms with van der Waals surface area (Å²) in [5, 5.41) is 5.96. The van der Waals surface area contributed by atoms with Crippen LogP contribution >= 0.6 is 22.9 Å². The fourth-order valence-corrected chi connectivity index (χ4v) is 4.19. The van der Waals surface area contributed by atoms with Crippen LogP contribution in [0.5, 0.6) is 0 Å². The Morgan fingerprint density at radius 2 is 2.00 bits per heavy atom. The first-order valence-electron chi connectivity index (χ1n) is 7.94. The molecule has 5 nitrogen and oxygen atoms in total. The molecule has 0 aliphatic rings. The summed E-state index contributed by atoms with van der Waals surface area (Å²) in [6, 6.07) is 3.86. The number of thiazole rings is 1. The molecule has 1 unspecified atom stereocenters. The summed E-state index contributed by atoms with van der Waals surface area (Å²) in [5.74, 6) is -0.139. The SMILES string of the molecule is CCS(=O)(=O)c1ccc(Cl)c(C(=O)NC(C)c2csc(C(C)C)n2)c1. The molecule has 0 radical (unpaired) electrons. The average Bonchev–Trinajstić information content (AvgIpc) is 3.05. The smallest absolute Gasteiger partial charge is 0.253 e. The second-order valence-electron chi connectivity index (χ2n) is 6.01. The number of nitrogens with one attached hydrogen (secondary N) is 1. The van der Waals surface area contributed by atoms with Crippen molar-refractivity contribution < 1.29 is 13.2 Å². The molecule has 0 aliphatic carbocycles. The van der Waals surface area contributed by atoms with Gasteiger partial charge in [0.1, 0.15) is 0 Å². The van der Waals surface area contributed by atoms with E-state index in [2.05, 4.69) is 24.1 Å². The topological polar surface area (TPSA) is 76.1 Å². The molecule has 0 fully saturated rings. The number of hydrogen-bond acceptors (Lipinski definition) is 5. The Hall–Kier alpha value is -1.44. The standard InChI is InChI=1S/C17H21ClN2O3S2/c1-5-25(22,23)12-6-7-14(18)13(8-12)16(21)19-11(4)15-9-24-17(20-15)10(2)3/h6-11H,5H2,1-4H3,(H,19,21). The Labute approximate surface area is 157 Å². The van der Waals surface area contributed by atoms with Gasteiger partial charge in [-0.25, -0.2) is 13.4 Å². The Balaban J connectivity index is 2.23. The molecule has 0 saturated carbocycles. The third kappa shape index (κ3) is 4.59. The van der Waals surface area contributed by atoms with E-state index in [0.717, 1.165) is 10.7 Å². The highest BCUT2D eigenvalue weighted by molar-refractivity contribution is 7.91. The van der Waals surface area contributed by atoms with Crippen molar-refractivity contribution in [2.45, 2.75) is 44.6 Å². The fraction of sp³-hybridized carbons (Fsp3) is 0.412. The monoisotopic (exact) mass is 400 g/mol. The second-order valence-corrected chi connectivity index (χ2v) is 9.58. The summed E-state index contributed by atoms with van der Waals surface area (Å²) in [6.07, 6.45) is 0. The summed E-state index contributed by atoms with van der Waals surface area (Å²) in [7, 11) is -3.41. The van der Waals surface area contributed by atoms with E-state index in [0.29, 0.717) is 5.92 Å². The molecule has 1 amide bonds. The second kappa shape index (κ2) is 7.85. The molecule has 1 aromatic heterocycles. The minimum atomic E-state index is -3.41. The van der Waals surface area contributed by atoms with Gasteiger partial charge in [0, 0.05) is 11.3 Å². The van der Waals surface area contributed by atoms with Gasteiger partial charge in [-0.2, -0.15) is 0 Å². The van der Waals surface area contributed by atoms with Crippen molar-refractivity contribution in [3.63, 3.8) is 0 Å². The van der Waals surface area contributed by atoms with Crippen LogP contribution in [0.15, 0.2) is 28.5 Å². The maximum absolute atomic E-state index is 12.5. The zero-order valence-electron chi connectivity index (χ0n) is 14.5. The third-order valence-electron chi connectivity index (χ3n) is 3.75. The maximum atomic E-state index is 12.5. The van der Waals surface area contributed by atoms with E-state index in [1.165, 1.54) is 18.2 Å². The van der Waals surface area contributed by atoms with Crippen molar-refractivity contribution >= 4 is 38.7 Å². The molecule has 0 aliphatic heterocycles. The van der Waals surface area contributed by atoms with Crippen molar-refractivity contribution in [3.05, 3.63) is 44.9 Å². The highest BCUT2D eigenvalue weighted by Gasteiger charge is 2.20. The van der Waals surface area contributed by atoms with E-state index in [9.17, 15) is 13.2 Å². The number of halogens is 1. The molecule has 1 N–H and O–H groups in total. The van der Waals surface area contributed by atoms with Gasteiger partial charge in [-0.3, -0.25) is 4.79 Å². The van der Waals surface area contributed by atoms with Crippen molar-refractivity contribution in [1.29, 1.82) is 0 Å². The van der Waals surface area contributed by atoms with Crippen molar-refractivity contribution in [3.8, 4) is 0 Å². The number of nitrogens with zero attached hydrogens (tertiary/aromatic N) is 1. The Bertz CT molecular complexity index is 876. The van der Waals surface area contributed by atoms with Gasteiger partial charge in [0.05, 0.1) is 38.0 Å². The number of hydrogen-bond donors (Lipinski definition) is 1. The van der Waals surface area contributed by atoms with E-state index >= 15 is 0 Å². The largest absolute Gasteiger partial charge is 0.344 e. The molecule has 2 aromatic rings. The first kappa shape index (κ1) is 19.9. The predicted octanol–water partition coefficient (Wildman–Crippen LogP) is 4.20. The molecule has 8 heteroatoms. The van der Waals surface area contributed by atoms with E-state index in [1.807, 2.05) is 12.3 Å². The van der Waals surface area contributed by atoms with Crippen molar-refractivity contribution in [2.75, 3.05) is 5.75 Å². The third-order valence-corrected chi connectivity index (χ3v) is 6.97. The van der Waals surface area contributed by atoms with E-state index in [1.54, 1.807) is 18.3 Å². The van der Waals surface area contributed by atoms with Gasteiger partial charge in [0.15, 0.2) is 9.84 Å². The number of rotatable bonds is 6. The van der Waals surface area contributed by atoms with Gasteiger partial charge in [0.25, 0.3) is 5.91 Å². The van der Waals surface area contributed by atoms with Crippen LogP contribution in [0, 0.1) is 0 Å². The molecule has 25 heavy (non-hydrogen) atoms. The Kier molecular flexibility index (Phi) is 6.24.